The molecular weight excluding hydrogens is 396 g/mol. The Morgan fingerprint density at radius 3 is 2.82 bits per heavy atom. The van der Waals surface area contributed by atoms with Crippen LogP contribution in [0, 0.1) is 11.3 Å². The van der Waals surface area contributed by atoms with Crippen molar-refractivity contribution in [3.8, 4) is 6.07 Å². The van der Waals surface area contributed by atoms with Crippen LogP contribution in [0.2, 0.25) is 5.02 Å². The molecule has 0 bridgehead atoms. The molecule has 3 aromatic rings. The summed E-state index contributed by atoms with van der Waals surface area (Å²) in [7, 11) is -3.21. The number of aromatic nitrogens is 1. The molecule has 2 heterocycles. The van der Waals surface area contributed by atoms with Gasteiger partial charge in [-0.15, -0.1) is 0 Å². The summed E-state index contributed by atoms with van der Waals surface area (Å²) >= 11 is 6.02. The minimum absolute atomic E-state index is 0.192. The van der Waals surface area contributed by atoms with Gasteiger partial charge in [-0.2, -0.15) is 5.26 Å². The summed E-state index contributed by atoms with van der Waals surface area (Å²) in [5.74, 6) is 0.767. The second-order valence-electron chi connectivity index (χ2n) is 6.59. The zero-order chi connectivity index (χ0) is 19.7. The fraction of sp³-hybridized carbons (Fsp3) is 0.200. The molecule has 1 aromatic heterocycles. The first-order chi connectivity index (χ1) is 13.5. The van der Waals surface area contributed by atoms with Gasteiger partial charge in [0.05, 0.1) is 28.6 Å². The Labute approximate surface area is 168 Å². The van der Waals surface area contributed by atoms with Crippen LogP contribution in [-0.4, -0.2) is 25.7 Å². The van der Waals surface area contributed by atoms with Crippen LogP contribution in [-0.2, 0) is 16.6 Å². The molecule has 0 spiro atoms. The second kappa shape index (κ2) is 7.30. The van der Waals surface area contributed by atoms with Gasteiger partial charge in [-0.1, -0.05) is 23.7 Å². The number of pyridine rings is 1. The lowest BCUT2D eigenvalue weighted by atomic mass is 10.1. The van der Waals surface area contributed by atoms with Crippen LogP contribution in [0.4, 0.5) is 11.5 Å². The molecule has 0 aliphatic carbocycles. The van der Waals surface area contributed by atoms with Crippen molar-refractivity contribution in [1.29, 1.82) is 5.26 Å². The van der Waals surface area contributed by atoms with E-state index in [4.69, 9.17) is 11.6 Å². The van der Waals surface area contributed by atoms with Gasteiger partial charge in [0.15, 0.2) is 0 Å². The van der Waals surface area contributed by atoms with Crippen LogP contribution in [0.1, 0.15) is 17.5 Å². The molecule has 28 heavy (non-hydrogen) atoms. The third kappa shape index (κ3) is 3.61. The van der Waals surface area contributed by atoms with Gasteiger partial charge in [0.2, 0.25) is 10.0 Å². The molecule has 0 unspecified atom stereocenters. The number of halogens is 1. The number of rotatable bonds is 4. The van der Waals surface area contributed by atoms with Crippen molar-refractivity contribution >= 4 is 44.0 Å². The van der Waals surface area contributed by atoms with E-state index in [0.29, 0.717) is 52.5 Å². The smallest absolute Gasteiger partial charge is 0.235 e. The summed E-state index contributed by atoms with van der Waals surface area (Å²) in [5.41, 5.74) is 2.78. The van der Waals surface area contributed by atoms with Gasteiger partial charge in [-0.25, -0.2) is 13.4 Å². The standard InChI is InChI=1S/C20H17ClN4O2S/c21-16-5-6-19-18(11-16)15(12-22)10-20(24-19)23-13-14-3-1-4-17(9-14)25-7-2-8-28(25,26)27/h1,3-6,9-11H,2,7-8,13H2,(H,23,24). The minimum atomic E-state index is -3.21. The van der Waals surface area contributed by atoms with Gasteiger partial charge < -0.3 is 5.32 Å². The fourth-order valence-corrected chi connectivity index (χ4v) is 5.05. The van der Waals surface area contributed by atoms with Gasteiger partial charge in [0, 0.05) is 23.5 Å². The summed E-state index contributed by atoms with van der Waals surface area (Å²) in [4.78, 5) is 4.54. The predicted octanol–water partition coefficient (Wildman–Crippen LogP) is 3.91. The molecule has 1 aliphatic heterocycles. The Hall–Kier alpha value is -2.82. The van der Waals surface area contributed by atoms with Crippen LogP contribution < -0.4 is 9.62 Å². The van der Waals surface area contributed by atoms with Crippen molar-refractivity contribution in [2.45, 2.75) is 13.0 Å². The molecule has 0 amide bonds. The van der Waals surface area contributed by atoms with Crippen LogP contribution in [0.5, 0.6) is 0 Å². The zero-order valence-electron chi connectivity index (χ0n) is 14.9. The quantitative estimate of drug-likeness (QED) is 0.702. The maximum Gasteiger partial charge on any atom is 0.235 e. The second-order valence-corrected chi connectivity index (χ2v) is 9.04. The largest absolute Gasteiger partial charge is 0.366 e. The highest BCUT2D eigenvalue weighted by Gasteiger charge is 2.28. The Kier molecular flexibility index (Phi) is 4.84. The van der Waals surface area contributed by atoms with E-state index in [1.807, 2.05) is 18.2 Å². The Morgan fingerprint density at radius 2 is 2.07 bits per heavy atom. The van der Waals surface area contributed by atoms with Gasteiger partial charge in [-0.3, -0.25) is 4.31 Å². The van der Waals surface area contributed by atoms with E-state index in [2.05, 4.69) is 16.4 Å². The molecule has 0 saturated carbocycles. The zero-order valence-corrected chi connectivity index (χ0v) is 16.5. The van der Waals surface area contributed by atoms with E-state index in [1.165, 1.54) is 4.31 Å². The predicted molar refractivity (Wildman–Crippen MR) is 111 cm³/mol. The van der Waals surface area contributed by atoms with E-state index < -0.39 is 10.0 Å². The molecule has 1 fully saturated rings. The Balaban J connectivity index is 1.58. The number of nitrogens with one attached hydrogen (secondary N) is 1. The average Bonchev–Trinajstić information content (AvgIpc) is 3.05. The van der Waals surface area contributed by atoms with Crippen molar-refractivity contribution in [2.24, 2.45) is 0 Å². The monoisotopic (exact) mass is 412 g/mol. The third-order valence-corrected chi connectivity index (χ3v) is 6.77. The lowest BCUT2D eigenvalue weighted by Crippen LogP contribution is -2.25. The van der Waals surface area contributed by atoms with Gasteiger partial charge in [-0.05, 0) is 48.4 Å². The SMILES string of the molecule is N#Cc1cc(NCc2cccc(N3CCCS3(=O)=O)c2)nc2ccc(Cl)cc12. The molecule has 0 atom stereocenters. The first kappa shape index (κ1) is 18.5. The number of nitrogens with zero attached hydrogens (tertiary/aromatic N) is 3. The summed E-state index contributed by atoms with van der Waals surface area (Å²) in [6.07, 6.45) is 0.646. The first-order valence-electron chi connectivity index (χ1n) is 8.80. The average molecular weight is 413 g/mol. The highest BCUT2D eigenvalue weighted by molar-refractivity contribution is 7.93. The van der Waals surface area contributed by atoms with E-state index in [-0.39, 0.29) is 5.75 Å². The van der Waals surface area contributed by atoms with E-state index in [0.717, 1.165) is 5.56 Å². The Morgan fingerprint density at radius 1 is 1.21 bits per heavy atom. The van der Waals surface area contributed by atoms with Crippen LogP contribution >= 0.6 is 11.6 Å². The normalized spacial score (nSPS) is 15.5. The number of nitriles is 1. The fourth-order valence-electron chi connectivity index (χ4n) is 3.32. The number of hydrogen-bond donors (Lipinski definition) is 1. The maximum absolute atomic E-state index is 12.1. The molecule has 0 radical (unpaired) electrons. The van der Waals surface area contributed by atoms with Gasteiger partial charge in [0.25, 0.3) is 0 Å². The molecule has 142 valence electrons. The molecule has 6 nitrogen and oxygen atoms in total. The van der Waals surface area contributed by atoms with Crippen LogP contribution in [0.25, 0.3) is 10.9 Å². The van der Waals surface area contributed by atoms with Crippen molar-refractivity contribution in [1.82, 2.24) is 4.98 Å². The van der Waals surface area contributed by atoms with Crippen molar-refractivity contribution in [3.05, 3.63) is 64.7 Å². The number of fused-ring (bicyclic) bond motifs is 1. The minimum Gasteiger partial charge on any atom is -0.366 e. The number of benzene rings is 2. The van der Waals surface area contributed by atoms with E-state index >= 15 is 0 Å². The number of hydrogen-bond acceptors (Lipinski definition) is 5. The lowest BCUT2D eigenvalue weighted by molar-refractivity contribution is 0.599. The number of anilines is 2. The number of sulfonamides is 1. The van der Waals surface area contributed by atoms with Crippen LogP contribution in [0.15, 0.2) is 48.5 Å². The highest BCUT2D eigenvalue weighted by Crippen LogP contribution is 2.26. The lowest BCUT2D eigenvalue weighted by Gasteiger charge is -2.18. The van der Waals surface area contributed by atoms with E-state index in [1.54, 1.807) is 30.3 Å². The van der Waals surface area contributed by atoms with Crippen molar-refractivity contribution in [3.63, 3.8) is 0 Å². The van der Waals surface area contributed by atoms with Gasteiger partial charge >= 0.3 is 0 Å². The molecular formula is C20H17ClN4O2S. The van der Waals surface area contributed by atoms with E-state index in [9.17, 15) is 13.7 Å². The molecule has 1 saturated heterocycles. The third-order valence-electron chi connectivity index (χ3n) is 4.66. The highest BCUT2D eigenvalue weighted by atomic mass is 35.5. The maximum atomic E-state index is 12.1. The van der Waals surface area contributed by atoms with Crippen molar-refractivity contribution < 1.29 is 8.42 Å². The Bertz CT molecular complexity index is 1200. The molecule has 4 rings (SSSR count). The summed E-state index contributed by atoms with van der Waals surface area (Å²) in [6.45, 7) is 0.970. The molecule has 1 N–H and O–H groups in total. The summed E-state index contributed by atoms with van der Waals surface area (Å²) in [5, 5.41) is 13.9. The topological polar surface area (TPSA) is 86.1 Å². The van der Waals surface area contributed by atoms with Crippen molar-refractivity contribution in [2.75, 3.05) is 21.9 Å². The van der Waals surface area contributed by atoms with Crippen LogP contribution in [0.3, 0.4) is 0 Å². The molecule has 2 aromatic carbocycles. The molecule has 8 heteroatoms. The summed E-state index contributed by atoms with van der Waals surface area (Å²) < 4.78 is 25.7. The van der Waals surface area contributed by atoms with Gasteiger partial charge in [0.1, 0.15) is 5.82 Å². The molecule has 1 aliphatic rings. The summed E-state index contributed by atoms with van der Waals surface area (Å²) in [6, 6.07) is 16.5. The first-order valence-corrected chi connectivity index (χ1v) is 10.8.